The van der Waals surface area contributed by atoms with E-state index in [0.29, 0.717) is 19.1 Å². The van der Waals surface area contributed by atoms with Crippen LogP contribution in [0.3, 0.4) is 0 Å². The molecular weight excluding hydrogens is 184 g/mol. The summed E-state index contributed by atoms with van der Waals surface area (Å²) in [6, 6.07) is 0. The standard InChI is InChI=1S/C9H16N2OS/c1-3-7(4-10)8-6-13-9(11-8)5-12-2/h6-7H,3-5,10H2,1-2H3. The first kappa shape index (κ1) is 10.6. The third-order valence-electron chi connectivity index (χ3n) is 2.03. The molecule has 0 spiro atoms. The molecule has 3 nitrogen and oxygen atoms in total. The van der Waals surface area contributed by atoms with Gasteiger partial charge in [0.2, 0.25) is 0 Å². The second-order valence-electron chi connectivity index (χ2n) is 2.94. The molecule has 1 heterocycles. The maximum absolute atomic E-state index is 5.63. The van der Waals surface area contributed by atoms with Crippen LogP contribution in [0.4, 0.5) is 0 Å². The molecule has 0 aromatic carbocycles. The maximum Gasteiger partial charge on any atom is 0.119 e. The predicted molar refractivity (Wildman–Crippen MR) is 54.9 cm³/mol. The Morgan fingerprint density at radius 1 is 1.69 bits per heavy atom. The Balaban J connectivity index is 2.66. The molecule has 0 saturated carbocycles. The molecular formula is C9H16N2OS. The van der Waals surface area contributed by atoms with Crippen LogP contribution in [0.15, 0.2) is 5.38 Å². The van der Waals surface area contributed by atoms with Crippen molar-refractivity contribution in [2.45, 2.75) is 25.9 Å². The molecule has 0 radical (unpaired) electrons. The Labute approximate surface area is 82.9 Å². The van der Waals surface area contributed by atoms with E-state index in [4.69, 9.17) is 10.5 Å². The lowest BCUT2D eigenvalue weighted by atomic mass is 10.0. The van der Waals surface area contributed by atoms with Crippen LogP contribution in [-0.4, -0.2) is 18.6 Å². The summed E-state index contributed by atoms with van der Waals surface area (Å²) in [6.45, 7) is 3.41. The van der Waals surface area contributed by atoms with Crippen LogP contribution in [0.2, 0.25) is 0 Å². The fourth-order valence-electron chi connectivity index (χ4n) is 1.20. The van der Waals surface area contributed by atoms with E-state index in [2.05, 4.69) is 17.3 Å². The Kier molecular flexibility index (Phi) is 4.35. The largest absolute Gasteiger partial charge is 0.378 e. The van der Waals surface area contributed by atoms with Gasteiger partial charge in [-0.2, -0.15) is 0 Å². The Bertz CT molecular complexity index is 246. The zero-order valence-corrected chi connectivity index (χ0v) is 8.93. The van der Waals surface area contributed by atoms with Crippen molar-refractivity contribution in [3.63, 3.8) is 0 Å². The zero-order chi connectivity index (χ0) is 9.68. The van der Waals surface area contributed by atoms with Crippen LogP contribution in [0.1, 0.15) is 30.0 Å². The van der Waals surface area contributed by atoms with E-state index >= 15 is 0 Å². The number of thiazole rings is 1. The fraction of sp³-hybridized carbons (Fsp3) is 0.667. The van der Waals surface area contributed by atoms with Gasteiger partial charge < -0.3 is 10.5 Å². The lowest BCUT2D eigenvalue weighted by Gasteiger charge is -2.07. The second kappa shape index (κ2) is 5.32. The quantitative estimate of drug-likeness (QED) is 0.787. The number of nitrogens with two attached hydrogens (primary N) is 1. The van der Waals surface area contributed by atoms with Gasteiger partial charge >= 0.3 is 0 Å². The molecule has 0 fully saturated rings. The Hall–Kier alpha value is -0.450. The van der Waals surface area contributed by atoms with Gasteiger partial charge in [-0.3, -0.25) is 0 Å². The highest BCUT2D eigenvalue weighted by atomic mass is 32.1. The van der Waals surface area contributed by atoms with E-state index in [0.717, 1.165) is 17.1 Å². The topological polar surface area (TPSA) is 48.1 Å². The minimum absolute atomic E-state index is 0.404. The highest BCUT2D eigenvalue weighted by molar-refractivity contribution is 7.09. The van der Waals surface area contributed by atoms with E-state index in [9.17, 15) is 0 Å². The highest BCUT2D eigenvalue weighted by Gasteiger charge is 2.10. The van der Waals surface area contributed by atoms with E-state index in [1.165, 1.54) is 0 Å². The highest BCUT2D eigenvalue weighted by Crippen LogP contribution is 2.20. The number of hydrogen-bond donors (Lipinski definition) is 1. The minimum Gasteiger partial charge on any atom is -0.378 e. The SMILES string of the molecule is CCC(CN)c1csc(COC)n1. The number of methoxy groups -OCH3 is 1. The third-order valence-corrected chi connectivity index (χ3v) is 2.87. The smallest absolute Gasteiger partial charge is 0.119 e. The van der Waals surface area contributed by atoms with Crippen molar-refractivity contribution < 1.29 is 4.74 Å². The van der Waals surface area contributed by atoms with Crippen molar-refractivity contribution >= 4 is 11.3 Å². The number of nitrogens with zero attached hydrogens (tertiary/aromatic N) is 1. The van der Waals surface area contributed by atoms with E-state index < -0.39 is 0 Å². The molecule has 0 bridgehead atoms. The summed E-state index contributed by atoms with van der Waals surface area (Å²) < 4.78 is 5.00. The zero-order valence-electron chi connectivity index (χ0n) is 8.12. The lowest BCUT2D eigenvalue weighted by Crippen LogP contribution is -2.11. The van der Waals surface area contributed by atoms with Crippen molar-refractivity contribution in [1.82, 2.24) is 4.98 Å². The Morgan fingerprint density at radius 2 is 2.46 bits per heavy atom. The summed E-state index contributed by atoms with van der Waals surface area (Å²) >= 11 is 1.64. The third kappa shape index (κ3) is 2.76. The van der Waals surface area contributed by atoms with Crippen LogP contribution < -0.4 is 5.73 Å². The first-order valence-corrected chi connectivity index (χ1v) is 5.33. The summed E-state index contributed by atoms with van der Waals surface area (Å²) in [5, 5.41) is 3.11. The molecule has 2 N–H and O–H groups in total. The molecule has 0 aliphatic heterocycles. The molecule has 1 atom stereocenters. The molecule has 0 saturated heterocycles. The summed E-state index contributed by atoms with van der Waals surface area (Å²) in [6.07, 6.45) is 1.05. The molecule has 0 aliphatic carbocycles. The molecule has 4 heteroatoms. The number of rotatable bonds is 5. The molecule has 1 aromatic rings. The van der Waals surface area contributed by atoms with Gasteiger partial charge in [0, 0.05) is 25.0 Å². The predicted octanol–water partition coefficient (Wildman–Crippen LogP) is 1.74. The van der Waals surface area contributed by atoms with Gasteiger partial charge in [-0.15, -0.1) is 11.3 Å². The molecule has 74 valence electrons. The first-order chi connectivity index (χ1) is 6.31. The van der Waals surface area contributed by atoms with Crippen molar-refractivity contribution in [3.8, 4) is 0 Å². The monoisotopic (exact) mass is 200 g/mol. The summed E-state index contributed by atoms with van der Waals surface area (Å²) in [5.74, 6) is 0.404. The maximum atomic E-state index is 5.63. The second-order valence-corrected chi connectivity index (χ2v) is 3.88. The number of aromatic nitrogens is 1. The van der Waals surface area contributed by atoms with E-state index in [1.807, 2.05) is 0 Å². The normalized spacial score (nSPS) is 13.2. The fourth-order valence-corrected chi connectivity index (χ4v) is 2.04. The first-order valence-electron chi connectivity index (χ1n) is 4.45. The Morgan fingerprint density at radius 3 is 3.00 bits per heavy atom. The molecule has 0 aliphatic rings. The minimum atomic E-state index is 0.404. The molecule has 1 aromatic heterocycles. The number of ether oxygens (including phenoxy) is 1. The van der Waals surface area contributed by atoms with Crippen LogP contribution in [0.5, 0.6) is 0 Å². The average Bonchev–Trinajstić information content (AvgIpc) is 2.56. The lowest BCUT2D eigenvalue weighted by molar-refractivity contribution is 0.184. The van der Waals surface area contributed by atoms with Gasteiger partial charge in [-0.25, -0.2) is 4.98 Å². The van der Waals surface area contributed by atoms with Crippen molar-refractivity contribution in [2.24, 2.45) is 5.73 Å². The van der Waals surface area contributed by atoms with Crippen molar-refractivity contribution in [2.75, 3.05) is 13.7 Å². The van der Waals surface area contributed by atoms with Gasteiger partial charge in [0.25, 0.3) is 0 Å². The van der Waals surface area contributed by atoms with Crippen molar-refractivity contribution in [1.29, 1.82) is 0 Å². The van der Waals surface area contributed by atoms with Crippen LogP contribution in [-0.2, 0) is 11.3 Å². The van der Waals surface area contributed by atoms with Gasteiger partial charge in [0.15, 0.2) is 0 Å². The molecule has 0 amide bonds. The van der Waals surface area contributed by atoms with Crippen LogP contribution >= 0.6 is 11.3 Å². The molecule has 1 unspecified atom stereocenters. The van der Waals surface area contributed by atoms with Gasteiger partial charge in [0.1, 0.15) is 5.01 Å². The molecule has 13 heavy (non-hydrogen) atoms. The van der Waals surface area contributed by atoms with E-state index in [1.54, 1.807) is 18.4 Å². The van der Waals surface area contributed by atoms with Gasteiger partial charge in [-0.05, 0) is 6.42 Å². The van der Waals surface area contributed by atoms with Gasteiger partial charge in [0.05, 0.1) is 12.3 Å². The summed E-state index contributed by atoms with van der Waals surface area (Å²) in [5.41, 5.74) is 6.74. The average molecular weight is 200 g/mol. The van der Waals surface area contributed by atoms with Crippen LogP contribution in [0.25, 0.3) is 0 Å². The van der Waals surface area contributed by atoms with Crippen molar-refractivity contribution in [3.05, 3.63) is 16.1 Å². The van der Waals surface area contributed by atoms with Crippen LogP contribution in [0, 0.1) is 0 Å². The number of hydrogen-bond acceptors (Lipinski definition) is 4. The summed E-state index contributed by atoms with van der Waals surface area (Å²) in [4.78, 5) is 4.46. The summed E-state index contributed by atoms with van der Waals surface area (Å²) in [7, 11) is 1.68. The van der Waals surface area contributed by atoms with Gasteiger partial charge in [-0.1, -0.05) is 6.92 Å². The molecule has 1 rings (SSSR count). The van der Waals surface area contributed by atoms with E-state index in [-0.39, 0.29) is 0 Å².